The van der Waals surface area contributed by atoms with E-state index in [0.29, 0.717) is 19.8 Å². The van der Waals surface area contributed by atoms with E-state index in [2.05, 4.69) is 18.3 Å². The monoisotopic (exact) mass is 289 g/mol. The number of para-hydroxylation sites is 1. The highest BCUT2D eigenvalue weighted by Crippen LogP contribution is 2.17. The highest BCUT2D eigenvalue weighted by Gasteiger charge is 2.02. The van der Waals surface area contributed by atoms with Crippen molar-refractivity contribution in [2.75, 3.05) is 19.8 Å². The Morgan fingerprint density at radius 2 is 2.00 bits per heavy atom. The van der Waals surface area contributed by atoms with Crippen molar-refractivity contribution in [3.8, 4) is 5.75 Å². The molecule has 0 radical (unpaired) electrons. The van der Waals surface area contributed by atoms with E-state index in [0.717, 1.165) is 31.0 Å². The van der Waals surface area contributed by atoms with Crippen molar-refractivity contribution < 1.29 is 13.9 Å². The maximum Gasteiger partial charge on any atom is 0.129 e. The molecule has 0 saturated carbocycles. The summed E-state index contributed by atoms with van der Waals surface area (Å²) >= 11 is 0. The number of hydrogen-bond acceptors (Lipinski definition) is 4. The van der Waals surface area contributed by atoms with Gasteiger partial charge in [0, 0.05) is 12.1 Å². The normalized spacial score (nSPS) is 10.7. The second-order valence-electron chi connectivity index (χ2n) is 4.76. The third-order valence-corrected chi connectivity index (χ3v) is 3.02. The third-order valence-electron chi connectivity index (χ3n) is 3.02. The molecular formula is C17H23NO3. The van der Waals surface area contributed by atoms with Gasteiger partial charge in [0.05, 0.1) is 12.9 Å². The predicted octanol–water partition coefficient (Wildman–Crippen LogP) is 3.37. The zero-order valence-corrected chi connectivity index (χ0v) is 12.5. The quantitative estimate of drug-likeness (QED) is 0.681. The summed E-state index contributed by atoms with van der Waals surface area (Å²) in [6.07, 6.45) is 2.78. The molecule has 4 nitrogen and oxygen atoms in total. The average molecular weight is 289 g/mol. The molecule has 0 bridgehead atoms. The molecule has 1 N–H and O–H groups in total. The van der Waals surface area contributed by atoms with E-state index in [9.17, 15) is 0 Å². The van der Waals surface area contributed by atoms with E-state index in [-0.39, 0.29) is 0 Å². The molecule has 2 rings (SSSR count). The van der Waals surface area contributed by atoms with Crippen molar-refractivity contribution in [2.45, 2.75) is 26.5 Å². The van der Waals surface area contributed by atoms with Crippen LogP contribution in [-0.2, 0) is 17.9 Å². The molecule has 0 aliphatic rings. The SMILES string of the molecule is CCCNCc1ccccc1OCCOCc1ccco1. The number of hydrogen-bond donors (Lipinski definition) is 1. The van der Waals surface area contributed by atoms with Crippen molar-refractivity contribution in [2.24, 2.45) is 0 Å². The third kappa shape index (κ3) is 5.61. The van der Waals surface area contributed by atoms with Crippen molar-refractivity contribution in [3.05, 3.63) is 54.0 Å². The van der Waals surface area contributed by atoms with E-state index < -0.39 is 0 Å². The van der Waals surface area contributed by atoms with Gasteiger partial charge in [0.1, 0.15) is 24.7 Å². The Morgan fingerprint density at radius 3 is 2.81 bits per heavy atom. The summed E-state index contributed by atoms with van der Waals surface area (Å²) in [5.74, 6) is 1.75. The van der Waals surface area contributed by atoms with E-state index >= 15 is 0 Å². The fraction of sp³-hybridized carbons (Fsp3) is 0.412. The van der Waals surface area contributed by atoms with Crippen LogP contribution >= 0.6 is 0 Å². The molecule has 1 aromatic carbocycles. The first-order chi connectivity index (χ1) is 10.4. The van der Waals surface area contributed by atoms with Gasteiger partial charge in [-0.05, 0) is 31.2 Å². The second-order valence-corrected chi connectivity index (χ2v) is 4.76. The van der Waals surface area contributed by atoms with Crippen LogP contribution in [-0.4, -0.2) is 19.8 Å². The molecule has 114 valence electrons. The van der Waals surface area contributed by atoms with Crippen LogP contribution in [0.2, 0.25) is 0 Å². The maximum atomic E-state index is 5.79. The van der Waals surface area contributed by atoms with Gasteiger partial charge in [-0.2, -0.15) is 0 Å². The molecular weight excluding hydrogens is 266 g/mol. The van der Waals surface area contributed by atoms with Crippen LogP contribution in [0.15, 0.2) is 47.1 Å². The topological polar surface area (TPSA) is 43.6 Å². The van der Waals surface area contributed by atoms with Crippen LogP contribution in [0.4, 0.5) is 0 Å². The zero-order chi connectivity index (χ0) is 14.8. The number of nitrogens with one attached hydrogen (secondary N) is 1. The van der Waals surface area contributed by atoms with Gasteiger partial charge in [0.2, 0.25) is 0 Å². The second kappa shape index (κ2) is 9.21. The molecule has 0 unspecified atom stereocenters. The fourth-order valence-corrected chi connectivity index (χ4v) is 1.97. The van der Waals surface area contributed by atoms with Gasteiger partial charge in [0.15, 0.2) is 0 Å². The minimum atomic E-state index is 0.482. The van der Waals surface area contributed by atoms with Crippen molar-refractivity contribution >= 4 is 0 Å². The first-order valence-electron chi connectivity index (χ1n) is 7.41. The lowest BCUT2D eigenvalue weighted by molar-refractivity contribution is 0.0778. The van der Waals surface area contributed by atoms with Crippen LogP contribution in [0.5, 0.6) is 5.75 Å². The fourth-order valence-electron chi connectivity index (χ4n) is 1.97. The van der Waals surface area contributed by atoms with Crippen molar-refractivity contribution in [3.63, 3.8) is 0 Å². The number of benzene rings is 1. The summed E-state index contributed by atoms with van der Waals surface area (Å²) in [7, 11) is 0. The summed E-state index contributed by atoms with van der Waals surface area (Å²) in [4.78, 5) is 0. The Morgan fingerprint density at radius 1 is 1.10 bits per heavy atom. The standard InChI is InChI=1S/C17H23NO3/c1-2-9-18-13-15-6-3-4-8-17(15)21-12-11-19-14-16-7-5-10-20-16/h3-8,10,18H,2,9,11-14H2,1H3. The van der Waals surface area contributed by atoms with Crippen LogP contribution in [0.1, 0.15) is 24.7 Å². The van der Waals surface area contributed by atoms with Crippen LogP contribution < -0.4 is 10.1 Å². The van der Waals surface area contributed by atoms with Gasteiger partial charge >= 0.3 is 0 Å². The molecule has 2 aromatic rings. The summed E-state index contributed by atoms with van der Waals surface area (Å²) in [6.45, 7) is 5.56. The molecule has 0 aliphatic heterocycles. The molecule has 4 heteroatoms. The number of rotatable bonds is 10. The van der Waals surface area contributed by atoms with E-state index in [1.165, 1.54) is 5.56 Å². The summed E-state index contributed by atoms with van der Waals surface area (Å²) in [5, 5.41) is 3.39. The lowest BCUT2D eigenvalue weighted by atomic mass is 10.2. The van der Waals surface area contributed by atoms with Gasteiger partial charge in [-0.25, -0.2) is 0 Å². The lowest BCUT2D eigenvalue weighted by Crippen LogP contribution is -2.15. The Balaban J connectivity index is 1.69. The highest BCUT2D eigenvalue weighted by molar-refractivity contribution is 5.33. The van der Waals surface area contributed by atoms with Crippen LogP contribution in [0.25, 0.3) is 0 Å². The van der Waals surface area contributed by atoms with E-state index in [4.69, 9.17) is 13.9 Å². The first-order valence-corrected chi connectivity index (χ1v) is 7.41. The average Bonchev–Trinajstić information content (AvgIpc) is 3.02. The zero-order valence-electron chi connectivity index (χ0n) is 12.5. The van der Waals surface area contributed by atoms with Crippen LogP contribution in [0.3, 0.4) is 0 Å². The van der Waals surface area contributed by atoms with Gasteiger partial charge in [-0.1, -0.05) is 25.1 Å². The molecule has 0 aliphatic carbocycles. The lowest BCUT2D eigenvalue weighted by Gasteiger charge is -2.12. The Hall–Kier alpha value is -1.78. The summed E-state index contributed by atoms with van der Waals surface area (Å²) in [5.41, 5.74) is 1.18. The van der Waals surface area contributed by atoms with Crippen molar-refractivity contribution in [1.29, 1.82) is 0 Å². The molecule has 1 heterocycles. The molecule has 0 spiro atoms. The number of ether oxygens (including phenoxy) is 2. The Bertz CT molecular complexity index is 496. The highest BCUT2D eigenvalue weighted by atomic mass is 16.5. The summed E-state index contributed by atoms with van der Waals surface area (Å²) in [6, 6.07) is 11.9. The smallest absolute Gasteiger partial charge is 0.129 e. The summed E-state index contributed by atoms with van der Waals surface area (Å²) < 4.78 is 16.5. The maximum absolute atomic E-state index is 5.79. The molecule has 0 saturated heterocycles. The first kappa shape index (κ1) is 15.6. The Labute approximate surface area is 126 Å². The molecule has 21 heavy (non-hydrogen) atoms. The molecule has 1 aromatic heterocycles. The molecule has 0 atom stereocenters. The van der Waals surface area contributed by atoms with Crippen LogP contribution in [0, 0.1) is 0 Å². The van der Waals surface area contributed by atoms with Gasteiger partial charge in [-0.3, -0.25) is 0 Å². The molecule has 0 amide bonds. The van der Waals surface area contributed by atoms with Gasteiger partial charge in [0.25, 0.3) is 0 Å². The predicted molar refractivity (Wildman–Crippen MR) is 82.3 cm³/mol. The molecule has 0 fully saturated rings. The Kier molecular flexibility index (Phi) is 6.84. The van der Waals surface area contributed by atoms with Crippen molar-refractivity contribution in [1.82, 2.24) is 5.32 Å². The minimum absolute atomic E-state index is 0.482. The van der Waals surface area contributed by atoms with E-state index in [1.807, 2.05) is 30.3 Å². The van der Waals surface area contributed by atoms with Gasteiger partial charge < -0.3 is 19.2 Å². The number of furan rings is 1. The van der Waals surface area contributed by atoms with Gasteiger partial charge in [-0.15, -0.1) is 0 Å². The largest absolute Gasteiger partial charge is 0.491 e. The van der Waals surface area contributed by atoms with E-state index in [1.54, 1.807) is 6.26 Å². The minimum Gasteiger partial charge on any atom is -0.491 e.